The van der Waals surface area contributed by atoms with E-state index in [0.29, 0.717) is 10.7 Å². The number of nitrogens with zero attached hydrogens (tertiary/aromatic N) is 2. The van der Waals surface area contributed by atoms with Crippen molar-refractivity contribution in [3.05, 3.63) is 63.2 Å². The van der Waals surface area contributed by atoms with Crippen LogP contribution in [-0.2, 0) is 10.0 Å². The molecule has 0 aromatic heterocycles. The third-order valence-corrected chi connectivity index (χ3v) is 6.38. The lowest BCUT2D eigenvalue weighted by atomic mass is 10.1. The van der Waals surface area contributed by atoms with Gasteiger partial charge in [-0.2, -0.15) is 0 Å². The largest absolute Gasteiger partial charge is 0.366 e. The van der Waals surface area contributed by atoms with E-state index in [4.69, 9.17) is 11.6 Å². The second-order valence-electron chi connectivity index (χ2n) is 6.77. The van der Waals surface area contributed by atoms with E-state index in [1.807, 2.05) is 4.90 Å². The molecule has 0 aliphatic carbocycles. The summed E-state index contributed by atoms with van der Waals surface area (Å²) in [6.45, 7) is 1.47. The van der Waals surface area contributed by atoms with Crippen molar-refractivity contribution in [2.75, 3.05) is 31.1 Å². The average Bonchev–Trinajstić information content (AvgIpc) is 3.25. The summed E-state index contributed by atoms with van der Waals surface area (Å²) >= 11 is 5.81. The summed E-state index contributed by atoms with van der Waals surface area (Å²) in [6, 6.07) is 10.2. The zero-order valence-corrected chi connectivity index (χ0v) is 17.6. The van der Waals surface area contributed by atoms with E-state index in [-0.39, 0.29) is 29.2 Å². The van der Waals surface area contributed by atoms with Crippen molar-refractivity contribution < 1.29 is 18.1 Å². The minimum Gasteiger partial charge on any atom is -0.366 e. The molecule has 0 unspecified atom stereocenters. The summed E-state index contributed by atoms with van der Waals surface area (Å²) in [5.41, 5.74) is 0.525. The van der Waals surface area contributed by atoms with Gasteiger partial charge in [-0.25, -0.2) is 13.1 Å². The molecule has 0 atom stereocenters. The van der Waals surface area contributed by atoms with Crippen molar-refractivity contribution in [3.8, 4) is 0 Å². The summed E-state index contributed by atoms with van der Waals surface area (Å²) < 4.78 is 26.8. The molecule has 1 amide bonds. The number of halogens is 1. The number of nitrogens with one attached hydrogen (secondary N) is 2. The topological polar surface area (TPSA) is 122 Å². The van der Waals surface area contributed by atoms with Gasteiger partial charge in [-0.1, -0.05) is 17.7 Å². The van der Waals surface area contributed by atoms with Gasteiger partial charge in [0.25, 0.3) is 11.6 Å². The maximum absolute atomic E-state index is 12.3. The van der Waals surface area contributed by atoms with Crippen LogP contribution in [0.2, 0.25) is 5.02 Å². The number of anilines is 1. The number of amides is 1. The predicted octanol–water partition coefficient (Wildman–Crippen LogP) is 2.56. The Kier molecular flexibility index (Phi) is 6.91. The van der Waals surface area contributed by atoms with Gasteiger partial charge >= 0.3 is 0 Å². The number of hydrogen-bond donors (Lipinski definition) is 2. The van der Waals surface area contributed by atoms with Crippen molar-refractivity contribution in [1.82, 2.24) is 10.0 Å². The molecule has 1 aliphatic heterocycles. The van der Waals surface area contributed by atoms with Crippen molar-refractivity contribution in [2.45, 2.75) is 17.7 Å². The van der Waals surface area contributed by atoms with Crippen LogP contribution in [0.25, 0.3) is 0 Å². The highest BCUT2D eigenvalue weighted by molar-refractivity contribution is 7.89. The van der Waals surface area contributed by atoms with Crippen LogP contribution in [0.3, 0.4) is 0 Å². The highest BCUT2D eigenvalue weighted by Gasteiger charge is 2.24. The Morgan fingerprint density at radius 3 is 2.53 bits per heavy atom. The first-order chi connectivity index (χ1) is 14.3. The van der Waals surface area contributed by atoms with Gasteiger partial charge in [0.2, 0.25) is 10.0 Å². The second kappa shape index (κ2) is 9.41. The van der Waals surface area contributed by atoms with Crippen LogP contribution in [-0.4, -0.2) is 45.4 Å². The number of carbonyl (C=O) groups is 1. The maximum Gasteiger partial charge on any atom is 0.293 e. The van der Waals surface area contributed by atoms with Crippen LogP contribution < -0.4 is 14.9 Å². The zero-order valence-electron chi connectivity index (χ0n) is 16.0. The molecule has 11 heteroatoms. The molecule has 2 aromatic rings. The van der Waals surface area contributed by atoms with Gasteiger partial charge in [0.1, 0.15) is 5.69 Å². The number of rotatable bonds is 8. The molecule has 9 nitrogen and oxygen atoms in total. The van der Waals surface area contributed by atoms with Gasteiger partial charge < -0.3 is 10.2 Å². The van der Waals surface area contributed by atoms with Gasteiger partial charge in [0.05, 0.1) is 9.82 Å². The average molecular weight is 453 g/mol. The Labute approximate surface area is 179 Å². The molecule has 3 rings (SSSR count). The predicted molar refractivity (Wildman–Crippen MR) is 114 cm³/mol. The van der Waals surface area contributed by atoms with Crippen molar-refractivity contribution >= 4 is 38.9 Å². The molecule has 160 valence electrons. The molecule has 0 saturated carbocycles. The smallest absolute Gasteiger partial charge is 0.293 e. The summed E-state index contributed by atoms with van der Waals surface area (Å²) in [6.07, 6.45) is 1.95. The second-order valence-corrected chi connectivity index (χ2v) is 8.97. The lowest BCUT2D eigenvalue weighted by Crippen LogP contribution is -2.34. The van der Waals surface area contributed by atoms with E-state index >= 15 is 0 Å². The van der Waals surface area contributed by atoms with E-state index in [0.717, 1.165) is 25.9 Å². The van der Waals surface area contributed by atoms with Crippen LogP contribution >= 0.6 is 11.6 Å². The first kappa shape index (κ1) is 22.0. The number of hydrogen-bond acceptors (Lipinski definition) is 6. The van der Waals surface area contributed by atoms with Crippen LogP contribution in [0.4, 0.5) is 11.4 Å². The van der Waals surface area contributed by atoms with Crippen LogP contribution in [0, 0.1) is 10.1 Å². The summed E-state index contributed by atoms with van der Waals surface area (Å²) in [5.74, 6) is -0.520. The molecule has 1 heterocycles. The van der Waals surface area contributed by atoms with E-state index in [2.05, 4.69) is 10.0 Å². The molecule has 30 heavy (non-hydrogen) atoms. The molecule has 1 saturated heterocycles. The summed E-state index contributed by atoms with van der Waals surface area (Å²) in [5, 5.41) is 14.3. The SMILES string of the molecule is O=C(NCCNS(=O)(=O)c1cccc(Cl)c1)c1ccc(N2CCCC2)c([N+](=O)[O-])c1. The standard InChI is InChI=1S/C19H21ClN4O5S/c20-15-4-3-5-16(13-15)30(28,29)22-9-8-21-19(25)14-6-7-17(18(12-14)24(26)27)23-10-1-2-11-23/h3-7,12-13,22H,1-2,8-11H2,(H,21,25). The maximum atomic E-state index is 12.3. The van der Waals surface area contributed by atoms with Crippen LogP contribution in [0.1, 0.15) is 23.2 Å². The lowest BCUT2D eigenvalue weighted by Gasteiger charge is -2.17. The van der Waals surface area contributed by atoms with Crippen LogP contribution in [0.5, 0.6) is 0 Å². The highest BCUT2D eigenvalue weighted by atomic mass is 35.5. The Morgan fingerprint density at radius 2 is 1.87 bits per heavy atom. The molecule has 1 fully saturated rings. The fraction of sp³-hybridized carbons (Fsp3) is 0.316. The van der Waals surface area contributed by atoms with Gasteiger partial charge in [-0.15, -0.1) is 0 Å². The van der Waals surface area contributed by atoms with Gasteiger partial charge in [-0.3, -0.25) is 14.9 Å². The molecular weight excluding hydrogens is 432 g/mol. The summed E-state index contributed by atoms with van der Waals surface area (Å²) in [4.78, 5) is 25.3. The monoisotopic (exact) mass is 452 g/mol. The zero-order chi connectivity index (χ0) is 21.7. The minimum absolute atomic E-state index is 0.0142. The van der Waals surface area contributed by atoms with Crippen LogP contribution in [0.15, 0.2) is 47.4 Å². The molecule has 0 bridgehead atoms. The Bertz CT molecular complexity index is 1050. The summed E-state index contributed by atoms with van der Waals surface area (Å²) in [7, 11) is -3.76. The Balaban J connectivity index is 1.59. The van der Waals surface area contributed by atoms with E-state index in [1.165, 1.54) is 30.3 Å². The van der Waals surface area contributed by atoms with Crippen molar-refractivity contribution in [2.24, 2.45) is 0 Å². The van der Waals surface area contributed by atoms with Gasteiger partial charge in [-0.05, 0) is 43.2 Å². The third-order valence-electron chi connectivity index (χ3n) is 4.69. The number of sulfonamides is 1. The number of carbonyl (C=O) groups excluding carboxylic acids is 1. The highest BCUT2D eigenvalue weighted by Crippen LogP contribution is 2.31. The quantitative estimate of drug-likeness (QED) is 0.360. The molecule has 2 N–H and O–H groups in total. The Hall–Kier alpha value is -2.69. The molecule has 2 aromatic carbocycles. The molecule has 0 radical (unpaired) electrons. The fourth-order valence-electron chi connectivity index (χ4n) is 3.22. The molecule has 0 spiro atoms. The molecular formula is C19H21ClN4O5S. The normalized spacial score (nSPS) is 14.0. The fourth-order valence-corrected chi connectivity index (χ4v) is 4.55. The minimum atomic E-state index is -3.76. The van der Waals surface area contributed by atoms with Gasteiger partial charge in [0.15, 0.2) is 0 Å². The van der Waals surface area contributed by atoms with E-state index in [1.54, 1.807) is 12.1 Å². The molecule has 1 aliphatic rings. The van der Waals surface area contributed by atoms with Gasteiger partial charge in [0, 0.05) is 42.8 Å². The number of benzene rings is 2. The lowest BCUT2D eigenvalue weighted by molar-refractivity contribution is -0.384. The first-order valence-corrected chi connectivity index (χ1v) is 11.2. The Morgan fingerprint density at radius 1 is 1.13 bits per heavy atom. The number of nitro benzene ring substituents is 1. The number of nitro groups is 1. The van der Waals surface area contributed by atoms with E-state index in [9.17, 15) is 23.3 Å². The van der Waals surface area contributed by atoms with E-state index < -0.39 is 20.9 Å². The van der Waals surface area contributed by atoms with Crippen molar-refractivity contribution in [3.63, 3.8) is 0 Å². The third kappa shape index (κ3) is 5.26. The van der Waals surface area contributed by atoms with Crippen molar-refractivity contribution in [1.29, 1.82) is 0 Å². The first-order valence-electron chi connectivity index (χ1n) is 9.35.